The number of benzene rings is 1. The highest BCUT2D eigenvalue weighted by Gasteiger charge is 2.31. The van der Waals surface area contributed by atoms with Crippen molar-refractivity contribution in [2.45, 2.75) is 38.9 Å². The number of carbonyl (C=O) groups is 1. The lowest BCUT2D eigenvalue weighted by molar-refractivity contribution is -0.386. The van der Waals surface area contributed by atoms with Gasteiger partial charge in [-0.15, -0.1) is 0 Å². The van der Waals surface area contributed by atoms with Gasteiger partial charge in [-0.2, -0.15) is 0 Å². The number of para-hydroxylation sites is 2. The molecule has 7 heteroatoms. The molecule has 0 saturated carbocycles. The molecule has 0 aliphatic carbocycles. The van der Waals surface area contributed by atoms with Crippen LogP contribution in [0, 0.1) is 10.1 Å². The molecule has 0 aromatic heterocycles. The van der Waals surface area contributed by atoms with Crippen molar-refractivity contribution in [2.75, 3.05) is 13.1 Å². The van der Waals surface area contributed by atoms with E-state index in [0.717, 1.165) is 0 Å². The highest BCUT2D eigenvalue weighted by atomic mass is 16.6. The fourth-order valence-electron chi connectivity index (χ4n) is 2.20. The Morgan fingerprint density at radius 2 is 2.05 bits per heavy atom. The van der Waals surface area contributed by atoms with Gasteiger partial charge in [0.15, 0.2) is 5.75 Å². The quantitative estimate of drug-likeness (QED) is 0.633. The molecule has 0 bridgehead atoms. The SMILES string of the molecule is CC(C)(C)OC(=O)N1CC[C@H](Oc2ccccc2[N+](=O)[O-])C1. The molecule has 1 aromatic rings. The maximum Gasteiger partial charge on any atom is 0.410 e. The van der Waals surface area contributed by atoms with Gasteiger partial charge < -0.3 is 14.4 Å². The zero-order chi connectivity index (χ0) is 16.3. The van der Waals surface area contributed by atoms with Crippen LogP contribution in [0.25, 0.3) is 0 Å². The normalized spacial score (nSPS) is 18.1. The van der Waals surface area contributed by atoms with Crippen LogP contribution in [0.2, 0.25) is 0 Å². The molecular formula is C15H20N2O5. The highest BCUT2D eigenvalue weighted by molar-refractivity contribution is 5.68. The van der Waals surface area contributed by atoms with E-state index in [4.69, 9.17) is 9.47 Å². The third-order valence-electron chi connectivity index (χ3n) is 3.15. The molecule has 22 heavy (non-hydrogen) atoms. The van der Waals surface area contributed by atoms with E-state index in [9.17, 15) is 14.9 Å². The van der Waals surface area contributed by atoms with Gasteiger partial charge in [0.1, 0.15) is 11.7 Å². The van der Waals surface area contributed by atoms with Gasteiger partial charge in [0.2, 0.25) is 0 Å². The van der Waals surface area contributed by atoms with Gasteiger partial charge in [-0.3, -0.25) is 10.1 Å². The molecule has 1 aliphatic rings. The van der Waals surface area contributed by atoms with Gasteiger partial charge in [-0.05, 0) is 26.8 Å². The zero-order valence-corrected chi connectivity index (χ0v) is 12.9. The molecule has 1 heterocycles. The first-order valence-corrected chi connectivity index (χ1v) is 7.14. The van der Waals surface area contributed by atoms with Crippen molar-refractivity contribution in [3.8, 4) is 5.75 Å². The number of nitro groups is 1. The summed E-state index contributed by atoms with van der Waals surface area (Å²) in [4.78, 5) is 24.0. The van der Waals surface area contributed by atoms with Crippen LogP contribution in [0.3, 0.4) is 0 Å². The lowest BCUT2D eigenvalue weighted by Gasteiger charge is -2.24. The largest absolute Gasteiger partial charge is 0.482 e. The summed E-state index contributed by atoms with van der Waals surface area (Å²) in [6.07, 6.45) is -0.0413. The van der Waals surface area contributed by atoms with Gasteiger partial charge in [0.25, 0.3) is 0 Å². The van der Waals surface area contributed by atoms with Crippen molar-refractivity contribution >= 4 is 11.8 Å². The third kappa shape index (κ3) is 4.09. The number of likely N-dealkylation sites (tertiary alicyclic amines) is 1. The predicted octanol–water partition coefficient (Wildman–Crippen LogP) is 2.98. The summed E-state index contributed by atoms with van der Waals surface area (Å²) in [5, 5.41) is 11.0. The number of carbonyl (C=O) groups excluding carboxylic acids is 1. The van der Waals surface area contributed by atoms with E-state index in [0.29, 0.717) is 19.5 Å². The molecule has 0 unspecified atom stereocenters. The Morgan fingerprint density at radius 3 is 2.68 bits per heavy atom. The van der Waals surface area contributed by atoms with Crippen LogP contribution in [0.1, 0.15) is 27.2 Å². The van der Waals surface area contributed by atoms with Crippen LogP contribution in [-0.2, 0) is 4.74 Å². The third-order valence-corrected chi connectivity index (χ3v) is 3.15. The molecule has 1 amide bonds. The average Bonchev–Trinajstić information content (AvgIpc) is 2.86. The number of amides is 1. The first-order valence-electron chi connectivity index (χ1n) is 7.14. The highest BCUT2D eigenvalue weighted by Crippen LogP contribution is 2.29. The molecule has 1 aromatic carbocycles. The van der Waals surface area contributed by atoms with Crippen LogP contribution in [0.4, 0.5) is 10.5 Å². The van der Waals surface area contributed by atoms with E-state index in [1.165, 1.54) is 6.07 Å². The molecule has 7 nitrogen and oxygen atoms in total. The van der Waals surface area contributed by atoms with E-state index in [1.54, 1.807) is 23.1 Å². The number of hydrogen-bond acceptors (Lipinski definition) is 5. The monoisotopic (exact) mass is 308 g/mol. The lowest BCUT2D eigenvalue weighted by Crippen LogP contribution is -2.36. The summed E-state index contributed by atoms with van der Waals surface area (Å²) < 4.78 is 11.0. The minimum absolute atomic E-state index is 0.0711. The first-order chi connectivity index (χ1) is 10.3. The van der Waals surface area contributed by atoms with Gasteiger partial charge in [0.05, 0.1) is 11.5 Å². The Labute approximate surface area is 129 Å². The fraction of sp³-hybridized carbons (Fsp3) is 0.533. The Kier molecular flexibility index (Phi) is 4.54. The molecule has 0 spiro atoms. The van der Waals surface area contributed by atoms with E-state index in [-0.39, 0.29) is 23.6 Å². The summed E-state index contributed by atoms with van der Waals surface area (Å²) in [5.41, 5.74) is -0.618. The number of hydrogen-bond donors (Lipinski definition) is 0. The molecule has 1 atom stereocenters. The van der Waals surface area contributed by atoms with Gasteiger partial charge in [0, 0.05) is 19.0 Å². The molecular weight excluding hydrogens is 288 g/mol. The fourth-order valence-corrected chi connectivity index (χ4v) is 2.20. The molecule has 1 aliphatic heterocycles. The van der Waals surface area contributed by atoms with Gasteiger partial charge >= 0.3 is 11.8 Å². The van der Waals surface area contributed by atoms with Crippen molar-refractivity contribution < 1.29 is 19.2 Å². The van der Waals surface area contributed by atoms with Gasteiger partial charge in [-0.1, -0.05) is 12.1 Å². The second kappa shape index (κ2) is 6.21. The van der Waals surface area contributed by atoms with Crippen LogP contribution < -0.4 is 4.74 Å². The minimum atomic E-state index is -0.547. The maximum atomic E-state index is 12.0. The second-order valence-corrected chi connectivity index (χ2v) is 6.18. The Morgan fingerprint density at radius 1 is 1.36 bits per heavy atom. The molecule has 0 radical (unpaired) electrons. The molecule has 2 rings (SSSR count). The van der Waals surface area contributed by atoms with Gasteiger partial charge in [-0.25, -0.2) is 4.79 Å². The molecule has 1 saturated heterocycles. The van der Waals surface area contributed by atoms with Crippen molar-refractivity contribution in [3.05, 3.63) is 34.4 Å². The Balaban J connectivity index is 1.97. The Bertz CT molecular complexity index is 567. The molecule has 1 fully saturated rings. The maximum absolute atomic E-state index is 12.0. The van der Waals surface area contributed by atoms with Crippen molar-refractivity contribution in [3.63, 3.8) is 0 Å². The summed E-state index contributed by atoms with van der Waals surface area (Å²) in [6.45, 7) is 6.30. The zero-order valence-electron chi connectivity index (χ0n) is 12.9. The predicted molar refractivity (Wildman–Crippen MR) is 79.9 cm³/mol. The summed E-state index contributed by atoms with van der Waals surface area (Å²) >= 11 is 0. The summed E-state index contributed by atoms with van der Waals surface area (Å²) in [6, 6.07) is 6.24. The topological polar surface area (TPSA) is 81.9 Å². The lowest BCUT2D eigenvalue weighted by atomic mass is 10.2. The Hall–Kier alpha value is -2.31. The number of ether oxygens (including phenoxy) is 2. The van der Waals surface area contributed by atoms with Crippen LogP contribution in [0.5, 0.6) is 5.75 Å². The van der Waals surface area contributed by atoms with E-state index < -0.39 is 10.5 Å². The van der Waals surface area contributed by atoms with Crippen molar-refractivity contribution in [1.82, 2.24) is 4.90 Å². The number of nitrogens with zero attached hydrogens (tertiary/aromatic N) is 2. The average molecular weight is 308 g/mol. The van der Waals surface area contributed by atoms with Crippen LogP contribution in [0.15, 0.2) is 24.3 Å². The van der Waals surface area contributed by atoms with E-state index >= 15 is 0 Å². The smallest absolute Gasteiger partial charge is 0.410 e. The van der Waals surface area contributed by atoms with Crippen molar-refractivity contribution in [1.29, 1.82) is 0 Å². The minimum Gasteiger partial charge on any atom is -0.482 e. The summed E-state index contributed by atoms with van der Waals surface area (Å²) in [7, 11) is 0. The van der Waals surface area contributed by atoms with E-state index in [2.05, 4.69) is 0 Å². The first kappa shape index (κ1) is 16.1. The second-order valence-electron chi connectivity index (χ2n) is 6.18. The number of nitro benzene ring substituents is 1. The molecule has 120 valence electrons. The van der Waals surface area contributed by atoms with E-state index in [1.807, 2.05) is 20.8 Å². The van der Waals surface area contributed by atoms with Crippen LogP contribution in [-0.4, -0.2) is 40.7 Å². The standard InChI is InChI=1S/C15H20N2O5/c1-15(2,3)22-14(18)16-9-8-11(10-16)21-13-7-5-4-6-12(13)17(19)20/h4-7,11H,8-10H2,1-3H3/t11-/m0/s1. The summed E-state index contributed by atoms with van der Waals surface area (Å²) in [5.74, 6) is 0.225. The van der Waals surface area contributed by atoms with Crippen LogP contribution >= 0.6 is 0 Å². The number of rotatable bonds is 3. The van der Waals surface area contributed by atoms with Crippen molar-refractivity contribution in [2.24, 2.45) is 0 Å². The molecule has 0 N–H and O–H groups in total.